The predicted molar refractivity (Wildman–Crippen MR) is 141 cm³/mol. The maximum Gasteiger partial charge on any atom is 0.303 e. The number of rotatable bonds is 7. The first kappa shape index (κ1) is 26.2. The van der Waals surface area contributed by atoms with Crippen molar-refractivity contribution in [1.29, 1.82) is 0 Å². The number of benzene rings is 2. The van der Waals surface area contributed by atoms with Gasteiger partial charge in [0.25, 0.3) is 5.91 Å². The molecule has 0 radical (unpaired) electrons. The van der Waals surface area contributed by atoms with E-state index in [0.29, 0.717) is 31.0 Å². The summed E-state index contributed by atoms with van der Waals surface area (Å²) in [5.41, 5.74) is 0.759. The minimum Gasteiger partial charge on any atom is -0.497 e. The average Bonchev–Trinajstić information content (AvgIpc) is 2.86. The lowest BCUT2D eigenvalue weighted by Gasteiger charge is -2.60. The summed E-state index contributed by atoms with van der Waals surface area (Å²) in [5.74, 6) is 0.945. The van der Waals surface area contributed by atoms with Crippen LogP contribution < -0.4 is 4.74 Å². The molecule has 1 heterocycles. The summed E-state index contributed by atoms with van der Waals surface area (Å²) in [6, 6.07) is 17.8. The molecule has 0 spiro atoms. The summed E-state index contributed by atoms with van der Waals surface area (Å²) in [4.78, 5) is 30.6. The van der Waals surface area contributed by atoms with E-state index in [0.717, 1.165) is 37.1 Å². The van der Waals surface area contributed by atoms with Crippen LogP contribution in [0.4, 0.5) is 0 Å². The van der Waals surface area contributed by atoms with E-state index >= 15 is 0 Å². The third-order valence-corrected chi connectivity index (χ3v) is 8.03. The molecule has 2 aliphatic rings. The van der Waals surface area contributed by atoms with Gasteiger partial charge in [0.15, 0.2) is 0 Å². The molecule has 1 amide bonds. The van der Waals surface area contributed by atoms with Gasteiger partial charge in [-0.1, -0.05) is 44.2 Å². The lowest BCUT2D eigenvalue weighted by molar-refractivity contribution is -0.187. The Bertz CT molecular complexity index is 1070. The number of nitrogens with zero attached hydrogens (tertiary/aromatic N) is 2. The number of hydrogen-bond acceptors (Lipinski definition) is 5. The molecule has 2 aromatic rings. The Morgan fingerprint density at radius 1 is 1.11 bits per heavy atom. The number of carbonyl (C=O) groups excluding carboxylic acids is 2. The van der Waals surface area contributed by atoms with Crippen LogP contribution in [-0.2, 0) is 14.9 Å². The van der Waals surface area contributed by atoms with Crippen LogP contribution in [0.2, 0.25) is 0 Å². The normalized spacial score (nSPS) is 26.2. The highest BCUT2D eigenvalue weighted by Gasteiger charge is 2.61. The number of ether oxygens (including phenoxy) is 2. The van der Waals surface area contributed by atoms with Gasteiger partial charge in [0.2, 0.25) is 0 Å². The maximum atomic E-state index is 13.8. The van der Waals surface area contributed by atoms with Crippen LogP contribution in [0.15, 0.2) is 54.6 Å². The number of methoxy groups -OCH3 is 1. The van der Waals surface area contributed by atoms with Crippen LogP contribution in [0.1, 0.15) is 62.4 Å². The topological polar surface area (TPSA) is 59.1 Å². The molecule has 0 N–H and O–H groups in total. The van der Waals surface area contributed by atoms with Gasteiger partial charge in [0.05, 0.1) is 7.11 Å². The minimum atomic E-state index is -0.659. The van der Waals surface area contributed by atoms with Crippen molar-refractivity contribution in [1.82, 2.24) is 9.80 Å². The summed E-state index contributed by atoms with van der Waals surface area (Å²) in [6.45, 7) is 8.08. The fourth-order valence-corrected chi connectivity index (χ4v) is 6.49. The van der Waals surface area contributed by atoms with Gasteiger partial charge >= 0.3 is 5.97 Å². The van der Waals surface area contributed by atoms with E-state index in [9.17, 15) is 9.59 Å². The lowest BCUT2D eigenvalue weighted by atomic mass is 9.55. The van der Waals surface area contributed by atoms with E-state index in [1.54, 1.807) is 7.11 Å². The average molecular weight is 493 g/mol. The monoisotopic (exact) mass is 492 g/mol. The van der Waals surface area contributed by atoms with Crippen LogP contribution in [0.25, 0.3) is 0 Å². The van der Waals surface area contributed by atoms with E-state index in [4.69, 9.17) is 9.47 Å². The van der Waals surface area contributed by atoms with Crippen LogP contribution >= 0.6 is 0 Å². The number of likely N-dealkylation sites (tertiary alicyclic amines) is 1. The van der Waals surface area contributed by atoms with E-state index < -0.39 is 11.0 Å². The van der Waals surface area contributed by atoms with Gasteiger partial charge in [0.1, 0.15) is 11.4 Å². The van der Waals surface area contributed by atoms with Crippen molar-refractivity contribution in [3.8, 4) is 5.75 Å². The van der Waals surface area contributed by atoms with E-state index in [1.807, 2.05) is 42.5 Å². The second kappa shape index (κ2) is 10.6. The molecule has 3 atom stereocenters. The van der Waals surface area contributed by atoms with Crippen molar-refractivity contribution in [3.63, 3.8) is 0 Å². The largest absolute Gasteiger partial charge is 0.497 e. The van der Waals surface area contributed by atoms with Crippen LogP contribution in [-0.4, -0.2) is 67.1 Å². The predicted octanol–water partition coefficient (Wildman–Crippen LogP) is 4.92. The highest BCUT2D eigenvalue weighted by atomic mass is 16.6. The molecular formula is C30H40N2O4. The zero-order chi connectivity index (χ0) is 25.9. The molecule has 0 aromatic heterocycles. The summed E-state index contributed by atoms with van der Waals surface area (Å²) in [5, 5.41) is 0. The Kier molecular flexibility index (Phi) is 7.74. The van der Waals surface area contributed by atoms with Gasteiger partial charge in [-0.25, -0.2) is 0 Å². The van der Waals surface area contributed by atoms with Crippen LogP contribution in [0.5, 0.6) is 5.75 Å². The quantitative estimate of drug-likeness (QED) is 0.514. The highest BCUT2D eigenvalue weighted by molar-refractivity contribution is 5.94. The Balaban J connectivity index is 1.81. The van der Waals surface area contributed by atoms with Crippen molar-refractivity contribution in [2.75, 3.05) is 33.8 Å². The Morgan fingerprint density at radius 3 is 2.53 bits per heavy atom. The van der Waals surface area contributed by atoms with Crippen molar-refractivity contribution < 1.29 is 19.1 Å². The van der Waals surface area contributed by atoms with Crippen LogP contribution in [0, 0.1) is 5.92 Å². The fraction of sp³-hybridized carbons (Fsp3) is 0.533. The number of hydrogen-bond donors (Lipinski definition) is 0. The molecule has 2 aromatic carbocycles. The molecule has 1 saturated heterocycles. The molecule has 194 valence electrons. The molecule has 6 heteroatoms. The smallest absolute Gasteiger partial charge is 0.303 e. The number of esters is 1. The van der Waals surface area contributed by atoms with E-state index in [1.165, 1.54) is 6.92 Å². The zero-order valence-corrected chi connectivity index (χ0v) is 22.3. The zero-order valence-electron chi connectivity index (χ0n) is 22.3. The van der Waals surface area contributed by atoms with Gasteiger partial charge in [-0.3, -0.25) is 9.59 Å². The summed E-state index contributed by atoms with van der Waals surface area (Å²) in [7, 11) is 3.77. The molecule has 0 bridgehead atoms. The summed E-state index contributed by atoms with van der Waals surface area (Å²) >= 11 is 0. The molecule has 0 unspecified atom stereocenters. The Labute approximate surface area is 215 Å². The number of piperidine rings is 1. The SMILES string of the molecule is COc1cccc([C@@]23CCN(C)C[C@@]2(OC(C)=O)CC[C@@H](N(CC(C)C)C(=O)c2ccccc2)C3)c1. The van der Waals surface area contributed by atoms with E-state index in [-0.39, 0.29) is 17.9 Å². The molecular weight excluding hydrogens is 452 g/mol. The molecule has 36 heavy (non-hydrogen) atoms. The van der Waals surface area contributed by atoms with Crippen molar-refractivity contribution in [2.45, 2.75) is 63.5 Å². The van der Waals surface area contributed by atoms with E-state index in [2.05, 4.69) is 42.8 Å². The highest BCUT2D eigenvalue weighted by Crippen LogP contribution is 2.54. The maximum absolute atomic E-state index is 13.8. The number of likely N-dealkylation sites (N-methyl/N-ethyl adjacent to an activating group) is 1. The molecule has 1 aliphatic carbocycles. The number of carbonyl (C=O) groups is 2. The lowest BCUT2D eigenvalue weighted by Crippen LogP contribution is -2.68. The second-order valence-corrected chi connectivity index (χ2v) is 11.0. The molecule has 1 aliphatic heterocycles. The van der Waals surface area contributed by atoms with Gasteiger partial charge in [-0.15, -0.1) is 0 Å². The molecule has 4 rings (SSSR count). The Hall–Kier alpha value is -2.86. The first-order chi connectivity index (χ1) is 17.2. The van der Waals surface area contributed by atoms with Crippen LogP contribution in [0.3, 0.4) is 0 Å². The van der Waals surface area contributed by atoms with Gasteiger partial charge in [-0.2, -0.15) is 0 Å². The van der Waals surface area contributed by atoms with Crippen molar-refractivity contribution in [3.05, 3.63) is 65.7 Å². The van der Waals surface area contributed by atoms with Gasteiger partial charge in [0, 0.05) is 37.0 Å². The number of fused-ring (bicyclic) bond motifs is 1. The third-order valence-electron chi connectivity index (χ3n) is 8.03. The molecule has 6 nitrogen and oxygen atoms in total. The standard InChI is InChI=1S/C30H40N2O4/c1-22(2)20-32(28(34)24-10-7-6-8-11-24)26-14-15-30(36-23(3)33)21-31(4)17-16-29(30,19-26)25-12-9-13-27(18-25)35-5/h6-13,18,22,26H,14-17,19-21H2,1-5H3/t26-,29+,30+/m1/s1. The Morgan fingerprint density at radius 2 is 1.86 bits per heavy atom. The third kappa shape index (κ3) is 5.01. The van der Waals surface area contributed by atoms with Crippen molar-refractivity contribution in [2.24, 2.45) is 5.92 Å². The van der Waals surface area contributed by atoms with Gasteiger partial charge < -0.3 is 19.3 Å². The summed E-state index contributed by atoms with van der Waals surface area (Å²) < 4.78 is 11.9. The summed E-state index contributed by atoms with van der Waals surface area (Å²) in [6.07, 6.45) is 3.08. The fourth-order valence-electron chi connectivity index (χ4n) is 6.49. The molecule has 2 fully saturated rings. The van der Waals surface area contributed by atoms with Crippen molar-refractivity contribution >= 4 is 11.9 Å². The second-order valence-electron chi connectivity index (χ2n) is 11.0. The van der Waals surface area contributed by atoms with Gasteiger partial charge in [-0.05, 0) is 75.0 Å². The first-order valence-electron chi connectivity index (χ1n) is 13.1. The first-order valence-corrected chi connectivity index (χ1v) is 13.1. The minimum absolute atomic E-state index is 0.0402. The number of amides is 1. The molecule has 1 saturated carbocycles.